The second-order valence-electron chi connectivity index (χ2n) is 5.05. The van der Waals surface area contributed by atoms with Gasteiger partial charge < -0.3 is 4.90 Å². The number of rotatable bonds is 1. The number of nitriles is 1. The first-order valence-electron chi connectivity index (χ1n) is 6.19. The molecule has 3 nitrogen and oxygen atoms in total. The van der Waals surface area contributed by atoms with Gasteiger partial charge in [-0.3, -0.25) is 4.90 Å². The predicted octanol–water partition coefficient (Wildman–Crippen LogP) is 2.85. The van der Waals surface area contributed by atoms with Gasteiger partial charge in [0.15, 0.2) is 0 Å². The van der Waals surface area contributed by atoms with Gasteiger partial charge in [0.1, 0.15) is 0 Å². The van der Waals surface area contributed by atoms with Crippen LogP contribution in [0.15, 0.2) is 22.7 Å². The van der Waals surface area contributed by atoms with Crippen molar-refractivity contribution in [2.24, 2.45) is 0 Å². The highest BCUT2D eigenvalue weighted by Gasteiger charge is 2.27. The predicted molar refractivity (Wildman–Crippen MR) is 77.8 cm³/mol. The van der Waals surface area contributed by atoms with E-state index in [1.54, 1.807) is 0 Å². The van der Waals surface area contributed by atoms with Crippen LogP contribution >= 0.6 is 15.9 Å². The van der Waals surface area contributed by atoms with Gasteiger partial charge in [-0.2, -0.15) is 5.26 Å². The minimum atomic E-state index is 0.538. The van der Waals surface area contributed by atoms with E-state index in [1.807, 2.05) is 18.2 Å². The fraction of sp³-hybridized carbons (Fsp3) is 0.500. The van der Waals surface area contributed by atoms with E-state index < -0.39 is 0 Å². The lowest BCUT2D eigenvalue weighted by molar-refractivity contribution is 0.170. The Morgan fingerprint density at radius 3 is 2.39 bits per heavy atom. The molecule has 1 aromatic carbocycles. The van der Waals surface area contributed by atoms with E-state index >= 15 is 0 Å². The Morgan fingerprint density at radius 1 is 1.28 bits per heavy atom. The summed E-state index contributed by atoms with van der Waals surface area (Å²) >= 11 is 3.57. The molecule has 1 aliphatic heterocycles. The Labute approximate surface area is 117 Å². The number of piperazine rings is 1. The highest BCUT2D eigenvalue weighted by molar-refractivity contribution is 9.10. The first-order chi connectivity index (χ1) is 8.52. The summed E-state index contributed by atoms with van der Waals surface area (Å²) in [6.07, 6.45) is 0. The molecule has 2 rings (SSSR count). The highest BCUT2D eigenvalue weighted by atomic mass is 79.9. The standard InChI is InChI=1S/C14H18BrN3/c1-10-8-18(9-11(2)17(10)3)14-5-4-12(7-16)6-13(14)15/h4-6,10-11H,8-9H2,1-3H3. The lowest BCUT2D eigenvalue weighted by Gasteiger charge is -2.43. The van der Waals surface area contributed by atoms with Crippen LogP contribution in [0.2, 0.25) is 0 Å². The Bertz CT molecular complexity index is 468. The van der Waals surface area contributed by atoms with Gasteiger partial charge in [0.05, 0.1) is 17.3 Å². The van der Waals surface area contributed by atoms with E-state index in [0.29, 0.717) is 17.6 Å². The minimum Gasteiger partial charge on any atom is -0.368 e. The molecule has 96 valence electrons. The zero-order valence-corrected chi connectivity index (χ0v) is 12.6. The molecular weight excluding hydrogens is 290 g/mol. The summed E-state index contributed by atoms with van der Waals surface area (Å²) in [6, 6.07) is 9.05. The Kier molecular flexibility index (Phi) is 3.94. The number of hydrogen-bond acceptors (Lipinski definition) is 3. The van der Waals surface area contributed by atoms with E-state index in [4.69, 9.17) is 5.26 Å². The highest BCUT2D eigenvalue weighted by Crippen LogP contribution is 2.29. The summed E-state index contributed by atoms with van der Waals surface area (Å²) in [5.41, 5.74) is 1.88. The van der Waals surface area contributed by atoms with Crippen LogP contribution in [0.1, 0.15) is 19.4 Å². The molecule has 0 bridgehead atoms. The fourth-order valence-electron chi connectivity index (χ4n) is 2.43. The zero-order chi connectivity index (χ0) is 13.3. The molecule has 18 heavy (non-hydrogen) atoms. The third-order valence-electron chi connectivity index (χ3n) is 3.78. The van der Waals surface area contributed by atoms with Crippen molar-refractivity contribution in [2.45, 2.75) is 25.9 Å². The molecule has 0 spiro atoms. The summed E-state index contributed by atoms with van der Waals surface area (Å²) < 4.78 is 1.01. The van der Waals surface area contributed by atoms with Crippen molar-refractivity contribution in [3.8, 4) is 6.07 Å². The Morgan fingerprint density at radius 2 is 1.89 bits per heavy atom. The SMILES string of the molecule is CC1CN(c2ccc(C#N)cc2Br)CC(C)N1C. The molecule has 4 heteroatoms. The first kappa shape index (κ1) is 13.4. The summed E-state index contributed by atoms with van der Waals surface area (Å²) in [6.45, 7) is 6.54. The molecule has 0 radical (unpaired) electrons. The van der Waals surface area contributed by atoms with Crippen molar-refractivity contribution >= 4 is 21.6 Å². The van der Waals surface area contributed by atoms with Crippen molar-refractivity contribution < 1.29 is 0 Å². The molecule has 0 aliphatic carbocycles. The monoisotopic (exact) mass is 307 g/mol. The Hall–Kier alpha value is -1.05. The van der Waals surface area contributed by atoms with E-state index in [-0.39, 0.29) is 0 Å². The zero-order valence-electron chi connectivity index (χ0n) is 11.0. The topological polar surface area (TPSA) is 30.3 Å². The molecule has 2 atom stereocenters. The molecule has 0 N–H and O–H groups in total. The van der Waals surface area contributed by atoms with Gasteiger partial charge in [0, 0.05) is 29.6 Å². The lowest BCUT2D eigenvalue weighted by atomic mass is 10.1. The maximum atomic E-state index is 8.89. The second-order valence-corrected chi connectivity index (χ2v) is 5.90. The molecule has 0 amide bonds. The summed E-state index contributed by atoms with van der Waals surface area (Å²) in [4.78, 5) is 4.80. The van der Waals surface area contributed by atoms with Crippen molar-refractivity contribution in [1.82, 2.24) is 4.90 Å². The van der Waals surface area contributed by atoms with Gasteiger partial charge in [-0.15, -0.1) is 0 Å². The van der Waals surface area contributed by atoms with Gasteiger partial charge in [-0.25, -0.2) is 0 Å². The smallest absolute Gasteiger partial charge is 0.0992 e. The molecule has 1 aromatic rings. The third kappa shape index (κ3) is 2.52. The molecule has 0 aromatic heterocycles. The van der Waals surface area contributed by atoms with Crippen LogP contribution in [0.25, 0.3) is 0 Å². The lowest BCUT2D eigenvalue weighted by Crippen LogP contribution is -2.55. The molecule has 0 saturated carbocycles. The molecule has 1 aliphatic rings. The minimum absolute atomic E-state index is 0.538. The molecule has 1 fully saturated rings. The van der Waals surface area contributed by atoms with Gasteiger partial charge in [0.2, 0.25) is 0 Å². The van der Waals surface area contributed by atoms with E-state index in [0.717, 1.165) is 17.6 Å². The number of benzene rings is 1. The summed E-state index contributed by atoms with van der Waals surface area (Å²) in [5, 5.41) is 8.89. The van der Waals surface area contributed by atoms with Crippen LogP contribution in [0.3, 0.4) is 0 Å². The Balaban J connectivity index is 2.25. The van der Waals surface area contributed by atoms with Gasteiger partial charge in [-0.05, 0) is 55.0 Å². The van der Waals surface area contributed by atoms with Gasteiger partial charge in [-0.1, -0.05) is 0 Å². The average molecular weight is 308 g/mol. The van der Waals surface area contributed by atoms with Crippen LogP contribution in [0, 0.1) is 11.3 Å². The quantitative estimate of drug-likeness (QED) is 0.799. The van der Waals surface area contributed by atoms with Crippen molar-refractivity contribution in [3.63, 3.8) is 0 Å². The molecule has 2 unspecified atom stereocenters. The van der Waals surface area contributed by atoms with Crippen LogP contribution in [-0.2, 0) is 0 Å². The summed E-state index contributed by atoms with van der Waals surface area (Å²) in [5.74, 6) is 0. The normalized spacial score (nSPS) is 24.9. The van der Waals surface area contributed by atoms with Crippen molar-refractivity contribution in [2.75, 3.05) is 25.0 Å². The van der Waals surface area contributed by atoms with E-state index in [1.165, 1.54) is 5.69 Å². The first-order valence-corrected chi connectivity index (χ1v) is 6.98. The van der Waals surface area contributed by atoms with E-state index in [9.17, 15) is 0 Å². The second kappa shape index (κ2) is 5.29. The van der Waals surface area contributed by atoms with Crippen LogP contribution in [-0.4, -0.2) is 37.1 Å². The van der Waals surface area contributed by atoms with Gasteiger partial charge >= 0.3 is 0 Å². The maximum absolute atomic E-state index is 8.89. The van der Waals surface area contributed by atoms with Crippen LogP contribution < -0.4 is 4.90 Å². The number of anilines is 1. The third-order valence-corrected chi connectivity index (χ3v) is 4.41. The van der Waals surface area contributed by atoms with Crippen molar-refractivity contribution in [1.29, 1.82) is 5.26 Å². The number of nitrogens with zero attached hydrogens (tertiary/aromatic N) is 3. The molecule has 1 saturated heterocycles. The molecular formula is C14H18BrN3. The number of halogens is 1. The number of likely N-dealkylation sites (N-methyl/N-ethyl adjacent to an activating group) is 1. The van der Waals surface area contributed by atoms with Gasteiger partial charge in [0.25, 0.3) is 0 Å². The number of hydrogen-bond donors (Lipinski definition) is 0. The summed E-state index contributed by atoms with van der Waals surface area (Å²) in [7, 11) is 2.18. The largest absolute Gasteiger partial charge is 0.368 e. The fourth-order valence-corrected chi connectivity index (χ4v) is 3.06. The maximum Gasteiger partial charge on any atom is 0.0992 e. The molecule has 1 heterocycles. The van der Waals surface area contributed by atoms with Crippen LogP contribution in [0.4, 0.5) is 5.69 Å². The van der Waals surface area contributed by atoms with Crippen LogP contribution in [0.5, 0.6) is 0 Å². The average Bonchev–Trinajstić information content (AvgIpc) is 2.35. The van der Waals surface area contributed by atoms with E-state index in [2.05, 4.69) is 52.7 Å². The van der Waals surface area contributed by atoms with Crippen molar-refractivity contribution in [3.05, 3.63) is 28.2 Å².